The lowest BCUT2D eigenvalue weighted by Crippen LogP contribution is -2.59. The van der Waals surface area contributed by atoms with Crippen molar-refractivity contribution in [3.8, 4) is 0 Å². The molecule has 1 aliphatic rings. The number of carbonyl (C=O) groups excluding carboxylic acids is 2. The molecule has 1 aliphatic heterocycles. The average molecular weight is 279 g/mol. The topological polar surface area (TPSA) is 120 Å². The minimum Gasteiger partial charge on any atom is -0.480 e. The van der Waals surface area contributed by atoms with Crippen LogP contribution >= 0.6 is 0 Å². The Balaban J connectivity index is 2.36. The van der Waals surface area contributed by atoms with Gasteiger partial charge in [0.1, 0.15) is 18.2 Å². The number of carbonyl (C=O) groups is 3. The molecule has 0 radical (unpaired) electrons. The summed E-state index contributed by atoms with van der Waals surface area (Å²) in [6, 6.07) is 0.0634. The number of piperazine rings is 1. The van der Waals surface area contributed by atoms with E-state index >= 15 is 0 Å². The van der Waals surface area contributed by atoms with E-state index in [-0.39, 0.29) is 18.7 Å². The minimum absolute atomic E-state index is 0.177. The molecule has 3 N–H and O–H groups in total. The van der Waals surface area contributed by atoms with Crippen LogP contribution in [0.5, 0.6) is 0 Å². The Labute approximate surface area is 113 Å². The first-order valence-corrected chi connectivity index (χ1v) is 5.90. The van der Waals surface area contributed by atoms with Gasteiger partial charge in [-0.25, -0.2) is 4.79 Å². The number of pyridine rings is 1. The number of rotatable bonds is 2. The number of hydrogen-bond acceptors (Lipinski definition) is 4. The number of nitrogens with zero attached hydrogens (tertiary/aromatic N) is 1. The van der Waals surface area contributed by atoms with E-state index in [9.17, 15) is 19.2 Å². The quantitative estimate of drug-likeness (QED) is 0.622. The highest BCUT2D eigenvalue weighted by Crippen LogP contribution is 2.09. The van der Waals surface area contributed by atoms with E-state index in [2.05, 4.69) is 10.3 Å². The van der Waals surface area contributed by atoms with E-state index in [4.69, 9.17) is 5.11 Å². The fraction of sp³-hybridized carbons (Fsp3) is 0.333. The van der Waals surface area contributed by atoms with Crippen LogP contribution in [0.2, 0.25) is 0 Å². The van der Waals surface area contributed by atoms with Crippen LogP contribution in [0.3, 0.4) is 0 Å². The molecule has 1 aromatic heterocycles. The lowest BCUT2D eigenvalue weighted by atomic mass is 10.1. The van der Waals surface area contributed by atoms with Crippen LogP contribution in [0.25, 0.3) is 0 Å². The van der Waals surface area contributed by atoms with Gasteiger partial charge in [-0.15, -0.1) is 0 Å². The van der Waals surface area contributed by atoms with E-state index in [1.807, 2.05) is 0 Å². The highest BCUT2D eigenvalue weighted by Gasteiger charge is 2.36. The largest absolute Gasteiger partial charge is 0.480 e. The van der Waals surface area contributed by atoms with Crippen LogP contribution < -0.4 is 10.7 Å². The number of H-pyrrole nitrogens is 1. The lowest BCUT2D eigenvalue weighted by Gasteiger charge is -2.32. The number of aromatic amines is 1. The summed E-state index contributed by atoms with van der Waals surface area (Å²) in [5.41, 5.74) is -0.115. The first kappa shape index (κ1) is 13.8. The van der Waals surface area contributed by atoms with Gasteiger partial charge < -0.3 is 20.3 Å². The molecule has 1 unspecified atom stereocenters. The number of aryl methyl sites for hydroxylation is 1. The Kier molecular flexibility index (Phi) is 3.55. The maximum atomic E-state index is 12.3. The summed E-state index contributed by atoms with van der Waals surface area (Å²) in [5, 5.41) is 11.4. The average Bonchev–Trinajstić information content (AvgIpc) is 2.37. The van der Waals surface area contributed by atoms with E-state index in [1.165, 1.54) is 12.3 Å². The number of nitrogens with one attached hydrogen (secondary N) is 2. The van der Waals surface area contributed by atoms with Gasteiger partial charge in [0, 0.05) is 24.5 Å². The van der Waals surface area contributed by atoms with Gasteiger partial charge in [0.2, 0.25) is 5.91 Å². The zero-order valence-electron chi connectivity index (χ0n) is 10.7. The molecule has 0 spiro atoms. The monoisotopic (exact) mass is 279 g/mol. The van der Waals surface area contributed by atoms with E-state index < -0.39 is 29.3 Å². The Hall–Kier alpha value is -2.64. The number of aromatic nitrogens is 1. The van der Waals surface area contributed by atoms with Crippen molar-refractivity contribution < 1.29 is 19.5 Å². The Bertz CT molecular complexity index is 636. The van der Waals surface area contributed by atoms with Crippen molar-refractivity contribution in [1.29, 1.82) is 0 Å². The van der Waals surface area contributed by atoms with Crippen LogP contribution in [0, 0.1) is 6.92 Å². The molecule has 2 amide bonds. The third-order valence-electron chi connectivity index (χ3n) is 3.02. The van der Waals surface area contributed by atoms with Crippen molar-refractivity contribution >= 4 is 17.8 Å². The van der Waals surface area contributed by atoms with Crippen LogP contribution in [0.4, 0.5) is 0 Å². The lowest BCUT2D eigenvalue weighted by molar-refractivity contribution is -0.144. The minimum atomic E-state index is -1.23. The van der Waals surface area contributed by atoms with Crippen molar-refractivity contribution in [2.45, 2.75) is 13.0 Å². The summed E-state index contributed by atoms with van der Waals surface area (Å²) in [6.45, 7) is 1.09. The molecule has 1 fully saturated rings. The number of aliphatic carboxylic acids is 1. The van der Waals surface area contributed by atoms with E-state index in [0.717, 1.165) is 4.90 Å². The summed E-state index contributed by atoms with van der Waals surface area (Å²) in [6.07, 6.45) is 1.23. The standard InChI is InChI=1S/C12H13N3O5/c1-6-2-9(16)7(3-13-6)11(18)15-5-10(17)14-4-8(15)12(19)20/h2-3,8H,4-5H2,1H3,(H,13,16)(H,14,17)(H,19,20). The molecule has 8 heteroatoms. The molecule has 1 aromatic rings. The summed E-state index contributed by atoms with van der Waals surface area (Å²) in [7, 11) is 0. The summed E-state index contributed by atoms with van der Waals surface area (Å²) in [4.78, 5) is 50.1. The predicted molar refractivity (Wildman–Crippen MR) is 67.3 cm³/mol. The molecule has 106 valence electrons. The second-order valence-electron chi connectivity index (χ2n) is 4.49. The van der Waals surface area contributed by atoms with Gasteiger partial charge >= 0.3 is 5.97 Å². The maximum absolute atomic E-state index is 12.3. The Morgan fingerprint density at radius 1 is 1.40 bits per heavy atom. The van der Waals surface area contributed by atoms with Crippen LogP contribution in [-0.2, 0) is 9.59 Å². The van der Waals surface area contributed by atoms with Crippen molar-refractivity contribution in [2.24, 2.45) is 0 Å². The third-order valence-corrected chi connectivity index (χ3v) is 3.02. The predicted octanol–water partition coefficient (Wildman–Crippen LogP) is -1.29. The van der Waals surface area contributed by atoms with Gasteiger partial charge in [-0.3, -0.25) is 14.4 Å². The second-order valence-corrected chi connectivity index (χ2v) is 4.49. The number of carboxylic acids is 1. The van der Waals surface area contributed by atoms with Crippen molar-refractivity contribution in [1.82, 2.24) is 15.2 Å². The Morgan fingerprint density at radius 2 is 2.10 bits per heavy atom. The molecule has 2 heterocycles. The first-order chi connectivity index (χ1) is 9.40. The first-order valence-electron chi connectivity index (χ1n) is 5.90. The highest BCUT2D eigenvalue weighted by atomic mass is 16.4. The molecule has 0 aliphatic carbocycles. The Morgan fingerprint density at radius 3 is 2.70 bits per heavy atom. The third kappa shape index (κ3) is 2.53. The number of amides is 2. The van der Waals surface area contributed by atoms with Crippen molar-refractivity contribution in [2.75, 3.05) is 13.1 Å². The molecular weight excluding hydrogens is 266 g/mol. The van der Waals surface area contributed by atoms with Crippen molar-refractivity contribution in [3.05, 3.63) is 33.7 Å². The van der Waals surface area contributed by atoms with Crippen LogP contribution in [0.1, 0.15) is 16.1 Å². The van der Waals surface area contributed by atoms with Gasteiger partial charge in [0.25, 0.3) is 5.91 Å². The molecular formula is C12H13N3O5. The summed E-state index contributed by atoms with van der Waals surface area (Å²) < 4.78 is 0. The molecule has 0 saturated carbocycles. The number of carboxylic acid groups (broad SMARTS) is 1. The summed E-state index contributed by atoms with van der Waals surface area (Å²) >= 11 is 0. The van der Waals surface area contributed by atoms with Gasteiger partial charge in [-0.05, 0) is 6.92 Å². The van der Waals surface area contributed by atoms with Crippen LogP contribution in [-0.4, -0.2) is 51.9 Å². The van der Waals surface area contributed by atoms with Gasteiger partial charge in [-0.1, -0.05) is 0 Å². The summed E-state index contributed by atoms with van der Waals surface area (Å²) in [5.74, 6) is -2.46. The van der Waals surface area contributed by atoms with Crippen molar-refractivity contribution in [3.63, 3.8) is 0 Å². The van der Waals surface area contributed by atoms with E-state index in [1.54, 1.807) is 6.92 Å². The highest BCUT2D eigenvalue weighted by molar-refractivity contribution is 5.99. The molecule has 1 saturated heterocycles. The molecule has 8 nitrogen and oxygen atoms in total. The molecule has 0 aromatic carbocycles. The SMILES string of the molecule is Cc1cc(=O)c(C(=O)N2CC(=O)NCC2C(=O)O)c[nH]1. The fourth-order valence-corrected chi connectivity index (χ4v) is 1.97. The number of hydrogen-bond donors (Lipinski definition) is 3. The second kappa shape index (κ2) is 5.16. The molecule has 0 bridgehead atoms. The molecule has 1 atom stereocenters. The zero-order chi connectivity index (χ0) is 14.9. The fourth-order valence-electron chi connectivity index (χ4n) is 1.97. The van der Waals surface area contributed by atoms with Gasteiger partial charge in [0.05, 0.1) is 0 Å². The van der Waals surface area contributed by atoms with Gasteiger partial charge in [-0.2, -0.15) is 0 Å². The smallest absolute Gasteiger partial charge is 0.328 e. The maximum Gasteiger partial charge on any atom is 0.328 e. The zero-order valence-corrected chi connectivity index (χ0v) is 10.7. The van der Waals surface area contributed by atoms with Gasteiger partial charge in [0.15, 0.2) is 5.43 Å². The van der Waals surface area contributed by atoms with E-state index in [0.29, 0.717) is 5.69 Å². The molecule has 2 rings (SSSR count). The van der Waals surface area contributed by atoms with Crippen LogP contribution in [0.15, 0.2) is 17.1 Å². The normalized spacial score (nSPS) is 18.6. The molecule has 20 heavy (non-hydrogen) atoms.